The van der Waals surface area contributed by atoms with E-state index < -0.39 is 11.8 Å². The van der Waals surface area contributed by atoms with Crippen LogP contribution in [0.3, 0.4) is 0 Å². The highest BCUT2D eigenvalue weighted by molar-refractivity contribution is 7.17. The van der Waals surface area contributed by atoms with Crippen LogP contribution in [-0.2, 0) is 17.8 Å². The number of nitrogens with zero attached hydrogens (tertiary/aromatic N) is 1. The van der Waals surface area contributed by atoms with Crippen molar-refractivity contribution in [2.24, 2.45) is 5.73 Å². The average molecular weight is 436 g/mol. The maximum absolute atomic E-state index is 13.1. The Hall–Kier alpha value is -3.65. The Morgan fingerprint density at radius 2 is 1.77 bits per heavy atom. The number of hydrogen-bond donors (Lipinski definition) is 2. The zero-order valence-electron chi connectivity index (χ0n) is 16.9. The molecule has 31 heavy (non-hydrogen) atoms. The Kier molecular flexibility index (Phi) is 5.73. The van der Waals surface area contributed by atoms with E-state index in [2.05, 4.69) is 5.32 Å². The van der Waals surface area contributed by atoms with E-state index in [1.807, 2.05) is 18.2 Å². The Morgan fingerprint density at radius 3 is 2.48 bits per heavy atom. The highest BCUT2D eigenvalue weighted by Gasteiger charge is 2.29. The van der Waals surface area contributed by atoms with Gasteiger partial charge in [0.05, 0.1) is 17.7 Å². The fourth-order valence-corrected chi connectivity index (χ4v) is 4.81. The summed E-state index contributed by atoms with van der Waals surface area (Å²) in [5, 5.41) is 3.22. The number of carbonyl (C=O) groups excluding carboxylic acids is 3. The van der Waals surface area contributed by atoms with Crippen molar-refractivity contribution in [2.45, 2.75) is 19.9 Å². The molecule has 1 aromatic heterocycles. The van der Waals surface area contributed by atoms with E-state index in [9.17, 15) is 14.4 Å². The molecule has 158 valence electrons. The third kappa shape index (κ3) is 4.29. The molecule has 3 amide bonds. The number of nitrogens with one attached hydrogen (secondary N) is 1. The second kappa shape index (κ2) is 8.61. The van der Waals surface area contributed by atoms with Gasteiger partial charge in [-0.15, -0.1) is 11.3 Å². The maximum atomic E-state index is 13.1. The van der Waals surface area contributed by atoms with Crippen LogP contribution < -0.4 is 15.8 Å². The molecule has 0 unspecified atom stereocenters. The van der Waals surface area contributed by atoms with Crippen molar-refractivity contribution in [2.75, 3.05) is 11.9 Å². The van der Waals surface area contributed by atoms with Gasteiger partial charge >= 0.3 is 0 Å². The van der Waals surface area contributed by atoms with Gasteiger partial charge in [0.2, 0.25) is 5.91 Å². The molecule has 3 N–H and O–H groups in total. The quantitative estimate of drug-likeness (QED) is 0.636. The van der Waals surface area contributed by atoms with Crippen LogP contribution in [0.1, 0.15) is 38.1 Å². The van der Waals surface area contributed by atoms with Gasteiger partial charge in [-0.05, 0) is 36.2 Å². The molecule has 0 bridgehead atoms. The van der Waals surface area contributed by atoms with Gasteiger partial charge in [-0.3, -0.25) is 14.4 Å². The molecule has 8 heteroatoms. The van der Waals surface area contributed by atoms with Crippen molar-refractivity contribution >= 4 is 34.1 Å². The largest absolute Gasteiger partial charge is 0.457 e. The zero-order valence-corrected chi connectivity index (χ0v) is 17.7. The molecule has 3 aromatic rings. The van der Waals surface area contributed by atoms with Crippen molar-refractivity contribution in [3.8, 4) is 11.5 Å². The molecule has 0 aliphatic carbocycles. The molecule has 7 nitrogen and oxygen atoms in total. The van der Waals surface area contributed by atoms with Gasteiger partial charge in [0.25, 0.3) is 11.8 Å². The van der Waals surface area contributed by atoms with Gasteiger partial charge in [0.15, 0.2) is 0 Å². The molecule has 2 heterocycles. The summed E-state index contributed by atoms with van der Waals surface area (Å²) >= 11 is 1.28. The molecular weight excluding hydrogens is 414 g/mol. The van der Waals surface area contributed by atoms with E-state index in [4.69, 9.17) is 10.5 Å². The molecule has 0 saturated carbocycles. The number of para-hydroxylation sites is 2. The summed E-state index contributed by atoms with van der Waals surface area (Å²) in [5.74, 6) is -0.0291. The fourth-order valence-electron chi connectivity index (χ4n) is 3.55. The predicted octanol–water partition coefficient (Wildman–Crippen LogP) is 3.80. The lowest BCUT2D eigenvalue weighted by atomic mass is 10.0. The summed E-state index contributed by atoms with van der Waals surface area (Å²) in [5.41, 5.74) is 7.09. The number of carbonyl (C=O) groups is 3. The van der Waals surface area contributed by atoms with Crippen molar-refractivity contribution in [1.82, 2.24) is 4.90 Å². The molecule has 0 radical (unpaired) electrons. The molecule has 0 spiro atoms. The van der Waals surface area contributed by atoms with E-state index >= 15 is 0 Å². The highest BCUT2D eigenvalue weighted by atomic mass is 32.1. The SMILES string of the molecule is CC(=O)N1CCc2c(sc(NC(=O)c3ccccc3Oc3ccccc3)c2C(N)=O)C1. The summed E-state index contributed by atoms with van der Waals surface area (Å²) in [6.07, 6.45) is 0.521. The Balaban J connectivity index is 1.63. The van der Waals surface area contributed by atoms with Crippen LogP contribution in [0.4, 0.5) is 5.00 Å². The number of ether oxygens (including phenoxy) is 1. The van der Waals surface area contributed by atoms with Crippen molar-refractivity contribution in [3.05, 3.63) is 76.2 Å². The summed E-state index contributed by atoms with van der Waals surface area (Å²) < 4.78 is 5.87. The maximum Gasteiger partial charge on any atom is 0.260 e. The van der Waals surface area contributed by atoms with Crippen LogP contribution in [0.2, 0.25) is 0 Å². The minimum absolute atomic E-state index is 0.0303. The molecule has 0 fully saturated rings. The van der Waals surface area contributed by atoms with Gasteiger partial charge < -0.3 is 20.7 Å². The second-order valence-corrected chi connectivity index (χ2v) is 8.23. The summed E-state index contributed by atoms with van der Waals surface area (Å²) in [6.45, 7) is 2.43. The number of primary amides is 1. The first-order valence-corrected chi connectivity index (χ1v) is 10.6. The zero-order chi connectivity index (χ0) is 22.0. The first-order valence-electron chi connectivity index (χ1n) is 9.77. The minimum atomic E-state index is -0.599. The number of thiophene rings is 1. The Morgan fingerprint density at radius 1 is 1.06 bits per heavy atom. The standard InChI is InChI=1S/C23H21N3O4S/c1-14(27)26-12-11-17-19(13-26)31-23(20(17)21(24)28)25-22(29)16-9-5-6-10-18(16)30-15-7-3-2-4-8-15/h2-10H,11-13H2,1H3,(H2,24,28)(H,25,29). The van der Waals surface area contributed by atoms with Crippen LogP contribution in [0.5, 0.6) is 11.5 Å². The van der Waals surface area contributed by atoms with Gasteiger partial charge in [0.1, 0.15) is 16.5 Å². The molecule has 1 aliphatic rings. The summed E-state index contributed by atoms with van der Waals surface area (Å²) in [7, 11) is 0. The Labute approximate surface area is 183 Å². The van der Waals surface area contributed by atoms with Gasteiger partial charge in [-0.25, -0.2) is 0 Å². The van der Waals surface area contributed by atoms with Crippen LogP contribution in [0, 0.1) is 0 Å². The number of hydrogen-bond acceptors (Lipinski definition) is 5. The number of amides is 3. The van der Waals surface area contributed by atoms with E-state index in [0.717, 1.165) is 10.4 Å². The third-order valence-corrected chi connectivity index (χ3v) is 6.21. The van der Waals surface area contributed by atoms with Crippen molar-refractivity contribution < 1.29 is 19.1 Å². The van der Waals surface area contributed by atoms with Gasteiger partial charge in [0, 0.05) is 18.3 Å². The number of fused-ring (bicyclic) bond motifs is 1. The smallest absolute Gasteiger partial charge is 0.260 e. The third-order valence-electron chi connectivity index (χ3n) is 5.08. The van der Waals surface area contributed by atoms with Gasteiger partial charge in [-0.1, -0.05) is 30.3 Å². The molecule has 4 rings (SSSR count). The molecule has 0 saturated heterocycles. The van der Waals surface area contributed by atoms with Crippen LogP contribution in [0.25, 0.3) is 0 Å². The minimum Gasteiger partial charge on any atom is -0.457 e. The van der Waals surface area contributed by atoms with E-state index in [-0.39, 0.29) is 5.91 Å². The van der Waals surface area contributed by atoms with Crippen LogP contribution in [-0.4, -0.2) is 29.2 Å². The summed E-state index contributed by atoms with van der Waals surface area (Å²) in [4.78, 5) is 39.6. The Bertz CT molecular complexity index is 1160. The lowest BCUT2D eigenvalue weighted by Crippen LogP contribution is -2.34. The van der Waals surface area contributed by atoms with Crippen molar-refractivity contribution in [1.29, 1.82) is 0 Å². The second-order valence-electron chi connectivity index (χ2n) is 7.13. The van der Waals surface area contributed by atoms with E-state index in [0.29, 0.717) is 47.1 Å². The normalized spacial score (nSPS) is 12.7. The fraction of sp³-hybridized carbons (Fsp3) is 0.174. The number of rotatable bonds is 5. The lowest BCUT2D eigenvalue weighted by molar-refractivity contribution is -0.129. The first-order chi connectivity index (χ1) is 14.9. The van der Waals surface area contributed by atoms with Gasteiger partial charge in [-0.2, -0.15) is 0 Å². The molecular formula is C23H21N3O4S. The highest BCUT2D eigenvalue weighted by Crippen LogP contribution is 2.37. The topological polar surface area (TPSA) is 102 Å². The van der Waals surface area contributed by atoms with E-state index in [1.54, 1.807) is 41.3 Å². The number of benzene rings is 2. The molecule has 1 aliphatic heterocycles. The number of nitrogens with two attached hydrogens (primary N) is 1. The van der Waals surface area contributed by atoms with Crippen LogP contribution in [0.15, 0.2) is 54.6 Å². The summed E-state index contributed by atoms with van der Waals surface area (Å²) in [6, 6.07) is 16.1. The molecule has 2 aromatic carbocycles. The first kappa shape index (κ1) is 20.6. The monoisotopic (exact) mass is 435 g/mol. The van der Waals surface area contributed by atoms with Crippen LogP contribution >= 0.6 is 11.3 Å². The lowest BCUT2D eigenvalue weighted by Gasteiger charge is -2.25. The number of anilines is 1. The van der Waals surface area contributed by atoms with E-state index in [1.165, 1.54) is 18.3 Å². The molecule has 0 atom stereocenters. The average Bonchev–Trinajstić information content (AvgIpc) is 3.12. The van der Waals surface area contributed by atoms with Crippen molar-refractivity contribution in [3.63, 3.8) is 0 Å². The predicted molar refractivity (Wildman–Crippen MR) is 119 cm³/mol.